The molecule has 1 aliphatic rings. The topological polar surface area (TPSA) is 41.6 Å². The molecule has 1 aliphatic carbocycles. The van der Waals surface area contributed by atoms with Gasteiger partial charge in [-0.15, -0.1) is 0 Å². The normalized spacial score (nSPS) is 12.0. The molecule has 4 aromatic carbocycles. The lowest BCUT2D eigenvalue weighted by Gasteiger charge is -2.25. The van der Waals surface area contributed by atoms with Crippen molar-refractivity contribution in [3.8, 4) is 11.1 Å². The zero-order chi connectivity index (χ0) is 21.0. The first-order valence-corrected chi connectivity index (χ1v) is 10.3. The molecule has 0 unspecified atom stereocenters. The van der Waals surface area contributed by atoms with Crippen molar-refractivity contribution < 1.29 is 9.53 Å². The molecule has 0 aliphatic heterocycles. The van der Waals surface area contributed by atoms with Gasteiger partial charge in [-0.1, -0.05) is 84.9 Å². The van der Waals surface area contributed by atoms with E-state index in [2.05, 4.69) is 29.7 Å². The highest BCUT2D eigenvalue weighted by Gasteiger charge is 2.30. The Balaban J connectivity index is 1.39. The van der Waals surface area contributed by atoms with Crippen LogP contribution in [0.3, 0.4) is 0 Å². The predicted octanol–water partition coefficient (Wildman–Crippen LogP) is 6.47. The Labute approximate surface area is 181 Å². The molecular formula is C27H22N2O2. The van der Waals surface area contributed by atoms with Gasteiger partial charge in [-0.05, 0) is 46.5 Å². The van der Waals surface area contributed by atoms with Gasteiger partial charge in [0.15, 0.2) is 0 Å². The fourth-order valence-corrected chi connectivity index (χ4v) is 4.09. The molecule has 0 heterocycles. The molecule has 0 atom stereocenters. The van der Waals surface area contributed by atoms with E-state index in [9.17, 15) is 4.79 Å². The molecule has 31 heavy (non-hydrogen) atoms. The average molecular weight is 406 g/mol. The second-order valence-corrected chi connectivity index (χ2v) is 7.45. The van der Waals surface area contributed by atoms with Crippen LogP contribution in [0.4, 0.5) is 16.2 Å². The van der Waals surface area contributed by atoms with Crippen molar-refractivity contribution in [2.24, 2.45) is 0 Å². The van der Waals surface area contributed by atoms with Crippen molar-refractivity contribution in [1.29, 1.82) is 0 Å². The largest absolute Gasteiger partial charge is 0.447 e. The Bertz CT molecular complexity index is 1150. The molecule has 152 valence electrons. The van der Waals surface area contributed by atoms with E-state index in [0.717, 1.165) is 5.69 Å². The molecule has 0 bridgehead atoms. The number of ether oxygens (including phenoxy) is 1. The van der Waals surface area contributed by atoms with Crippen LogP contribution in [0.2, 0.25) is 0 Å². The monoisotopic (exact) mass is 406 g/mol. The van der Waals surface area contributed by atoms with E-state index >= 15 is 0 Å². The summed E-state index contributed by atoms with van der Waals surface area (Å²) in [4.78, 5) is 13.2. The molecule has 4 nitrogen and oxygen atoms in total. The highest BCUT2D eigenvalue weighted by atomic mass is 16.6. The smallest absolute Gasteiger partial charge is 0.433 e. The number of anilines is 2. The Kier molecular flexibility index (Phi) is 5.11. The Morgan fingerprint density at radius 2 is 1.23 bits per heavy atom. The molecule has 0 fully saturated rings. The van der Waals surface area contributed by atoms with Crippen LogP contribution in [0.5, 0.6) is 0 Å². The van der Waals surface area contributed by atoms with Crippen LogP contribution in [-0.2, 0) is 4.74 Å². The molecule has 1 N–H and O–H groups in total. The van der Waals surface area contributed by atoms with Crippen molar-refractivity contribution in [3.63, 3.8) is 0 Å². The second-order valence-electron chi connectivity index (χ2n) is 7.45. The number of amides is 1. The lowest BCUT2D eigenvalue weighted by molar-refractivity contribution is 0.151. The number of rotatable bonds is 5. The third kappa shape index (κ3) is 3.76. The maximum Gasteiger partial charge on any atom is 0.433 e. The van der Waals surface area contributed by atoms with Crippen LogP contribution in [-0.4, -0.2) is 12.7 Å². The standard InChI is InChI=1S/C27H22N2O2/c30-27(29(21-13-5-2-6-14-21)28-20-11-3-1-4-12-20)31-19-26-24-17-9-7-15-22(24)23-16-8-10-18-25(23)26/h1-18,26,28H,19H2. The predicted molar refractivity (Wildman–Crippen MR) is 124 cm³/mol. The number of carbonyl (C=O) groups excluding carboxylic acids is 1. The van der Waals surface area contributed by atoms with Crippen molar-refractivity contribution in [3.05, 3.63) is 120 Å². The third-order valence-electron chi connectivity index (χ3n) is 5.55. The van der Waals surface area contributed by atoms with Crippen molar-refractivity contribution in [2.75, 3.05) is 17.0 Å². The summed E-state index contributed by atoms with van der Waals surface area (Å²) < 4.78 is 5.85. The molecule has 0 aromatic heterocycles. The maximum atomic E-state index is 13.2. The summed E-state index contributed by atoms with van der Waals surface area (Å²) in [6.07, 6.45) is -0.447. The molecule has 5 rings (SSSR count). The van der Waals surface area contributed by atoms with Gasteiger partial charge in [0.2, 0.25) is 0 Å². The van der Waals surface area contributed by atoms with Gasteiger partial charge in [-0.2, -0.15) is 5.01 Å². The molecular weight excluding hydrogens is 384 g/mol. The number of hydrogen-bond acceptors (Lipinski definition) is 3. The summed E-state index contributed by atoms with van der Waals surface area (Å²) in [6.45, 7) is 0.270. The number of carbonyl (C=O) groups is 1. The van der Waals surface area contributed by atoms with E-state index in [1.54, 1.807) is 0 Å². The molecule has 0 saturated carbocycles. The van der Waals surface area contributed by atoms with Gasteiger partial charge in [-0.3, -0.25) is 5.43 Å². The first-order valence-electron chi connectivity index (χ1n) is 10.3. The molecule has 0 radical (unpaired) electrons. The van der Waals surface area contributed by atoms with Gasteiger partial charge in [0, 0.05) is 5.92 Å². The summed E-state index contributed by atoms with van der Waals surface area (Å²) in [7, 11) is 0. The van der Waals surface area contributed by atoms with Gasteiger partial charge in [-0.25, -0.2) is 4.79 Å². The van der Waals surface area contributed by atoms with Crippen molar-refractivity contribution >= 4 is 17.5 Å². The Morgan fingerprint density at radius 1 is 0.710 bits per heavy atom. The van der Waals surface area contributed by atoms with Crippen LogP contribution in [0, 0.1) is 0 Å². The first-order chi connectivity index (χ1) is 15.3. The lowest BCUT2D eigenvalue weighted by Crippen LogP contribution is -2.37. The van der Waals surface area contributed by atoms with E-state index in [-0.39, 0.29) is 12.5 Å². The zero-order valence-corrected chi connectivity index (χ0v) is 16.9. The van der Waals surface area contributed by atoms with E-state index in [4.69, 9.17) is 4.74 Å². The van der Waals surface area contributed by atoms with E-state index in [1.165, 1.54) is 27.3 Å². The fraction of sp³-hybridized carbons (Fsp3) is 0.0741. The molecule has 4 heteroatoms. The van der Waals surface area contributed by atoms with Gasteiger partial charge in [0.1, 0.15) is 6.61 Å². The maximum absolute atomic E-state index is 13.2. The van der Waals surface area contributed by atoms with Crippen LogP contribution in [0.1, 0.15) is 17.0 Å². The molecule has 4 aromatic rings. The first kappa shape index (κ1) is 18.9. The minimum absolute atomic E-state index is 0.0192. The van der Waals surface area contributed by atoms with Crippen molar-refractivity contribution in [2.45, 2.75) is 5.92 Å². The van der Waals surface area contributed by atoms with Crippen molar-refractivity contribution in [1.82, 2.24) is 0 Å². The molecule has 0 spiro atoms. The number of hydrazine groups is 1. The number of benzene rings is 4. The fourth-order valence-electron chi connectivity index (χ4n) is 4.09. The second kappa shape index (κ2) is 8.36. The minimum Gasteiger partial charge on any atom is -0.447 e. The number of nitrogens with zero attached hydrogens (tertiary/aromatic N) is 1. The van der Waals surface area contributed by atoms with Crippen LogP contribution < -0.4 is 10.4 Å². The van der Waals surface area contributed by atoms with Crippen LogP contribution in [0.25, 0.3) is 11.1 Å². The summed E-state index contributed by atoms with van der Waals surface area (Å²) in [5, 5.41) is 1.45. The minimum atomic E-state index is -0.447. The average Bonchev–Trinajstić information content (AvgIpc) is 3.16. The number of fused-ring (bicyclic) bond motifs is 3. The van der Waals surface area contributed by atoms with Crippen LogP contribution >= 0.6 is 0 Å². The highest BCUT2D eigenvalue weighted by molar-refractivity contribution is 5.90. The number of hydrogen-bond donors (Lipinski definition) is 1. The zero-order valence-electron chi connectivity index (χ0n) is 16.9. The number of nitrogens with one attached hydrogen (secondary N) is 1. The van der Waals surface area contributed by atoms with E-state index in [1.807, 2.05) is 84.9 Å². The highest BCUT2D eigenvalue weighted by Crippen LogP contribution is 2.44. The van der Waals surface area contributed by atoms with Gasteiger partial charge >= 0.3 is 6.09 Å². The lowest BCUT2D eigenvalue weighted by atomic mass is 9.98. The van der Waals surface area contributed by atoms with Gasteiger partial charge in [0.05, 0.1) is 11.4 Å². The SMILES string of the molecule is O=C(OCC1c2ccccc2-c2ccccc21)N(Nc1ccccc1)c1ccccc1. The van der Waals surface area contributed by atoms with E-state index < -0.39 is 6.09 Å². The molecule has 1 amide bonds. The Hall–Kier alpha value is -4.05. The molecule has 0 saturated heterocycles. The Morgan fingerprint density at radius 3 is 1.84 bits per heavy atom. The summed E-state index contributed by atoms with van der Waals surface area (Å²) in [6, 6.07) is 35.7. The number of para-hydroxylation sites is 2. The summed E-state index contributed by atoms with van der Waals surface area (Å²) >= 11 is 0. The van der Waals surface area contributed by atoms with Gasteiger partial charge in [0.25, 0.3) is 0 Å². The van der Waals surface area contributed by atoms with E-state index in [0.29, 0.717) is 5.69 Å². The van der Waals surface area contributed by atoms with Gasteiger partial charge < -0.3 is 4.74 Å². The van der Waals surface area contributed by atoms with Crippen LogP contribution in [0.15, 0.2) is 109 Å². The third-order valence-corrected chi connectivity index (χ3v) is 5.55. The summed E-state index contributed by atoms with van der Waals surface area (Å²) in [5.41, 5.74) is 9.49. The summed E-state index contributed by atoms with van der Waals surface area (Å²) in [5.74, 6) is 0.0192. The quantitative estimate of drug-likeness (QED) is 0.386.